The second-order valence-corrected chi connectivity index (χ2v) is 9.13. The van der Waals surface area contributed by atoms with Crippen LogP contribution < -0.4 is 16.0 Å². The molecule has 9 heteroatoms. The van der Waals surface area contributed by atoms with Gasteiger partial charge in [0.2, 0.25) is 17.7 Å². The molecule has 1 aliphatic carbocycles. The van der Waals surface area contributed by atoms with Crippen molar-refractivity contribution >= 4 is 17.7 Å². The van der Waals surface area contributed by atoms with Crippen LogP contribution in [-0.2, 0) is 28.6 Å². The van der Waals surface area contributed by atoms with E-state index >= 15 is 0 Å². The molecular formula is C22H41N3O6. The SMILES string of the molecule is CNC(=O)C1CC(OCCNC(=O)CC(C)(C)COCCNC(=O)CC(C)COC)C1. The predicted octanol–water partition coefficient (Wildman–Crippen LogP) is 0.866. The third kappa shape index (κ3) is 12.0. The molecule has 9 nitrogen and oxygen atoms in total. The number of carbonyl (C=O) groups excluding carboxylic acids is 3. The van der Waals surface area contributed by atoms with Crippen molar-refractivity contribution in [1.29, 1.82) is 0 Å². The summed E-state index contributed by atoms with van der Waals surface area (Å²) in [6.07, 6.45) is 2.36. The van der Waals surface area contributed by atoms with Gasteiger partial charge in [-0.15, -0.1) is 0 Å². The Morgan fingerprint density at radius 1 is 1.06 bits per heavy atom. The number of carbonyl (C=O) groups is 3. The third-order valence-electron chi connectivity index (χ3n) is 5.18. The summed E-state index contributed by atoms with van der Waals surface area (Å²) in [6, 6.07) is 0. The molecule has 1 aliphatic rings. The maximum Gasteiger partial charge on any atom is 0.223 e. The first-order chi connectivity index (χ1) is 14.7. The van der Waals surface area contributed by atoms with Crippen LogP contribution in [0.5, 0.6) is 0 Å². The van der Waals surface area contributed by atoms with Crippen molar-refractivity contribution in [3.8, 4) is 0 Å². The molecule has 0 heterocycles. The minimum absolute atomic E-state index is 0.0138. The third-order valence-corrected chi connectivity index (χ3v) is 5.18. The van der Waals surface area contributed by atoms with Crippen molar-refractivity contribution in [2.75, 3.05) is 53.7 Å². The van der Waals surface area contributed by atoms with Crippen LogP contribution in [0.3, 0.4) is 0 Å². The quantitative estimate of drug-likeness (QED) is 0.305. The fourth-order valence-corrected chi connectivity index (χ4v) is 3.43. The lowest BCUT2D eigenvalue weighted by Gasteiger charge is -2.33. The van der Waals surface area contributed by atoms with Gasteiger partial charge in [-0.05, 0) is 24.2 Å². The van der Waals surface area contributed by atoms with Gasteiger partial charge in [0.05, 0.1) is 25.9 Å². The Balaban J connectivity index is 2.05. The molecule has 0 aromatic heterocycles. The molecule has 0 aliphatic heterocycles. The summed E-state index contributed by atoms with van der Waals surface area (Å²) in [4.78, 5) is 35.4. The van der Waals surface area contributed by atoms with Crippen LogP contribution in [0.15, 0.2) is 0 Å². The van der Waals surface area contributed by atoms with Crippen LogP contribution in [0.2, 0.25) is 0 Å². The molecule has 0 radical (unpaired) electrons. The number of amides is 3. The first kappa shape index (κ1) is 27.3. The van der Waals surface area contributed by atoms with Gasteiger partial charge in [0.15, 0.2) is 0 Å². The fourth-order valence-electron chi connectivity index (χ4n) is 3.43. The maximum absolute atomic E-state index is 12.2. The lowest BCUT2D eigenvalue weighted by atomic mass is 9.81. The van der Waals surface area contributed by atoms with E-state index in [-0.39, 0.29) is 41.1 Å². The summed E-state index contributed by atoms with van der Waals surface area (Å²) in [5.74, 6) is 0.242. The summed E-state index contributed by atoms with van der Waals surface area (Å²) in [7, 11) is 3.26. The Morgan fingerprint density at radius 2 is 1.71 bits per heavy atom. The van der Waals surface area contributed by atoms with Crippen molar-refractivity contribution in [2.24, 2.45) is 17.3 Å². The van der Waals surface area contributed by atoms with Gasteiger partial charge in [-0.3, -0.25) is 14.4 Å². The molecule has 1 saturated carbocycles. The van der Waals surface area contributed by atoms with Crippen LogP contribution in [0.1, 0.15) is 46.5 Å². The van der Waals surface area contributed by atoms with Crippen molar-refractivity contribution in [2.45, 2.75) is 52.6 Å². The number of rotatable bonds is 16. The Kier molecular flexibility index (Phi) is 12.7. The largest absolute Gasteiger partial charge is 0.384 e. The average Bonchev–Trinajstić information content (AvgIpc) is 2.65. The minimum atomic E-state index is -0.309. The van der Waals surface area contributed by atoms with Crippen molar-refractivity contribution in [3.05, 3.63) is 0 Å². The number of nitrogens with one attached hydrogen (secondary N) is 3. The van der Waals surface area contributed by atoms with E-state index in [0.717, 1.165) is 12.8 Å². The van der Waals surface area contributed by atoms with Crippen LogP contribution in [0.4, 0.5) is 0 Å². The van der Waals surface area contributed by atoms with Crippen LogP contribution in [-0.4, -0.2) is 77.5 Å². The van der Waals surface area contributed by atoms with E-state index in [1.165, 1.54) is 0 Å². The molecule has 1 rings (SSSR count). The lowest BCUT2D eigenvalue weighted by molar-refractivity contribution is -0.133. The van der Waals surface area contributed by atoms with E-state index in [4.69, 9.17) is 14.2 Å². The average molecular weight is 444 g/mol. The van der Waals surface area contributed by atoms with Gasteiger partial charge >= 0.3 is 0 Å². The van der Waals surface area contributed by atoms with Gasteiger partial charge in [0.1, 0.15) is 0 Å². The smallest absolute Gasteiger partial charge is 0.223 e. The molecule has 3 amide bonds. The van der Waals surface area contributed by atoms with E-state index in [9.17, 15) is 14.4 Å². The molecular weight excluding hydrogens is 402 g/mol. The van der Waals surface area contributed by atoms with E-state index < -0.39 is 0 Å². The Bertz CT molecular complexity index is 563. The Labute approximate surface area is 186 Å². The number of methoxy groups -OCH3 is 1. The second-order valence-electron chi connectivity index (χ2n) is 9.13. The molecule has 0 saturated heterocycles. The van der Waals surface area contributed by atoms with Crippen LogP contribution in [0, 0.1) is 17.3 Å². The van der Waals surface area contributed by atoms with Gasteiger partial charge < -0.3 is 30.2 Å². The van der Waals surface area contributed by atoms with Gasteiger partial charge in [0, 0.05) is 52.6 Å². The van der Waals surface area contributed by atoms with Crippen molar-refractivity contribution < 1.29 is 28.6 Å². The standard InChI is InChI=1S/C22H41N3O6/c1-16(14-29-5)10-19(26)24-6-8-30-15-22(2,3)13-20(27)25-7-9-31-18-11-17(12-18)21(28)23-4/h16-18H,6-15H2,1-5H3,(H,23,28)(H,24,26)(H,25,27). The lowest BCUT2D eigenvalue weighted by Crippen LogP contribution is -2.42. The predicted molar refractivity (Wildman–Crippen MR) is 117 cm³/mol. The Morgan fingerprint density at radius 3 is 2.35 bits per heavy atom. The summed E-state index contributed by atoms with van der Waals surface area (Å²) in [6.45, 7) is 8.64. The highest BCUT2D eigenvalue weighted by Gasteiger charge is 2.34. The van der Waals surface area contributed by atoms with Gasteiger partial charge in [0.25, 0.3) is 0 Å². The topological polar surface area (TPSA) is 115 Å². The van der Waals surface area contributed by atoms with E-state index in [2.05, 4.69) is 16.0 Å². The summed E-state index contributed by atoms with van der Waals surface area (Å²) < 4.78 is 16.3. The zero-order valence-corrected chi connectivity index (χ0v) is 19.8. The minimum Gasteiger partial charge on any atom is -0.384 e. The second kappa shape index (κ2) is 14.4. The van der Waals surface area contributed by atoms with E-state index in [1.54, 1.807) is 14.2 Å². The number of hydrogen-bond acceptors (Lipinski definition) is 6. The van der Waals surface area contributed by atoms with Crippen molar-refractivity contribution in [3.63, 3.8) is 0 Å². The van der Waals surface area contributed by atoms with E-state index in [1.807, 2.05) is 20.8 Å². The number of hydrogen-bond donors (Lipinski definition) is 3. The monoisotopic (exact) mass is 443 g/mol. The molecule has 1 unspecified atom stereocenters. The first-order valence-corrected chi connectivity index (χ1v) is 11.1. The molecule has 31 heavy (non-hydrogen) atoms. The highest BCUT2D eigenvalue weighted by atomic mass is 16.5. The summed E-state index contributed by atoms with van der Waals surface area (Å²) >= 11 is 0. The first-order valence-electron chi connectivity index (χ1n) is 11.1. The van der Waals surface area contributed by atoms with Crippen LogP contribution in [0.25, 0.3) is 0 Å². The normalized spacial score (nSPS) is 19.3. The molecule has 180 valence electrons. The summed E-state index contributed by atoms with van der Waals surface area (Å²) in [5, 5.41) is 8.34. The zero-order chi connectivity index (χ0) is 23.3. The van der Waals surface area contributed by atoms with Crippen LogP contribution >= 0.6 is 0 Å². The van der Waals surface area contributed by atoms with Gasteiger partial charge in [-0.1, -0.05) is 20.8 Å². The molecule has 0 aromatic rings. The highest BCUT2D eigenvalue weighted by Crippen LogP contribution is 2.29. The Hall–Kier alpha value is -1.71. The molecule has 0 bridgehead atoms. The highest BCUT2D eigenvalue weighted by molar-refractivity contribution is 5.79. The maximum atomic E-state index is 12.2. The molecule has 3 N–H and O–H groups in total. The van der Waals surface area contributed by atoms with Crippen molar-refractivity contribution in [1.82, 2.24) is 16.0 Å². The molecule has 1 atom stereocenters. The molecule has 1 fully saturated rings. The van der Waals surface area contributed by atoms with E-state index in [0.29, 0.717) is 52.4 Å². The van der Waals surface area contributed by atoms with Gasteiger partial charge in [-0.2, -0.15) is 0 Å². The zero-order valence-electron chi connectivity index (χ0n) is 19.8. The summed E-state index contributed by atoms with van der Waals surface area (Å²) in [5.41, 5.74) is -0.309. The van der Waals surface area contributed by atoms with Gasteiger partial charge in [-0.25, -0.2) is 0 Å². The molecule has 0 aromatic carbocycles. The molecule has 0 spiro atoms. The number of ether oxygens (including phenoxy) is 3. The fraction of sp³-hybridized carbons (Fsp3) is 0.864.